The van der Waals surface area contributed by atoms with Crippen LogP contribution in [0.3, 0.4) is 0 Å². The molecule has 1 nitrogen and oxygen atoms in total. The summed E-state index contributed by atoms with van der Waals surface area (Å²) in [5.41, 5.74) is 1.15. The molecule has 0 spiro atoms. The molecule has 0 saturated carbocycles. The Morgan fingerprint density at radius 3 is 2.69 bits per heavy atom. The van der Waals surface area contributed by atoms with Crippen LogP contribution in [-0.2, 0) is 6.54 Å². The van der Waals surface area contributed by atoms with Gasteiger partial charge in [0.1, 0.15) is 5.82 Å². The van der Waals surface area contributed by atoms with Crippen LogP contribution >= 0.6 is 0 Å². The molecule has 1 aliphatic carbocycles. The Morgan fingerprint density at radius 1 is 1.19 bits per heavy atom. The van der Waals surface area contributed by atoms with Crippen LogP contribution in [0.15, 0.2) is 36.4 Å². The van der Waals surface area contributed by atoms with Crippen LogP contribution in [0.1, 0.15) is 24.8 Å². The molecule has 0 bridgehead atoms. The van der Waals surface area contributed by atoms with Gasteiger partial charge in [-0.25, -0.2) is 4.39 Å². The normalized spacial score (nSPS) is 19.9. The van der Waals surface area contributed by atoms with Gasteiger partial charge in [0.15, 0.2) is 0 Å². The van der Waals surface area contributed by atoms with Crippen LogP contribution in [-0.4, -0.2) is 6.54 Å². The van der Waals surface area contributed by atoms with Crippen molar-refractivity contribution >= 4 is 0 Å². The summed E-state index contributed by atoms with van der Waals surface area (Å²) < 4.78 is 12.7. The van der Waals surface area contributed by atoms with Crippen molar-refractivity contribution in [3.8, 4) is 0 Å². The zero-order valence-corrected chi connectivity index (χ0v) is 9.45. The lowest BCUT2D eigenvalue weighted by Gasteiger charge is -2.18. The van der Waals surface area contributed by atoms with Crippen molar-refractivity contribution in [2.75, 3.05) is 6.54 Å². The van der Waals surface area contributed by atoms with Crippen LogP contribution in [0.4, 0.5) is 4.39 Å². The molecule has 0 saturated heterocycles. The first kappa shape index (κ1) is 11.3. The fourth-order valence-electron chi connectivity index (χ4n) is 2.06. The summed E-state index contributed by atoms with van der Waals surface area (Å²) in [4.78, 5) is 0. The summed E-state index contributed by atoms with van der Waals surface area (Å²) in [6.07, 6.45) is 8.22. The van der Waals surface area contributed by atoms with E-state index in [4.69, 9.17) is 0 Å². The van der Waals surface area contributed by atoms with Crippen LogP contribution in [0.5, 0.6) is 0 Å². The molecule has 0 radical (unpaired) electrons. The number of hydrogen-bond acceptors (Lipinski definition) is 1. The minimum atomic E-state index is -0.166. The molecule has 0 heterocycles. The van der Waals surface area contributed by atoms with Gasteiger partial charge in [0.25, 0.3) is 0 Å². The molecule has 0 amide bonds. The second kappa shape index (κ2) is 5.80. The molecule has 86 valence electrons. The van der Waals surface area contributed by atoms with E-state index in [1.54, 1.807) is 0 Å². The number of rotatable bonds is 4. The van der Waals surface area contributed by atoms with Crippen LogP contribution in [0.2, 0.25) is 0 Å². The van der Waals surface area contributed by atoms with Gasteiger partial charge in [-0.15, -0.1) is 0 Å². The predicted molar refractivity (Wildman–Crippen MR) is 64.6 cm³/mol. The molecule has 2 rings (SSSR count). The van der Waals surface area contributed by atoms with E-state index in [1.165, 1.54) is 31.4 Å². The Bertz CT molecular complexity index is 342. The average Bonchev–Trinajstić information content (AvgIpc) is 2.33. The van der Waals surface area contributed by atoms with Crippen LogP contribution < -0.4 is 5.32 Å². The number of halogens is 1. The van der Waals surface area contributed by atoms with E-state index < -0.39 is 0 Å². The maximum absolute atomic E-state index is 12.7. The molecule has 1 aliphatic rings. The molecule has 1 unspecified atom stereocenters. The third kappa shape index (κ3) is 3.46. The van der Waals surface area contributed by atoms with Crippen molar-refractivity contribution in [3.05, 3.63) is 47.8 Å². The summed E-state index contributed by atoms with van der Waals surface area (Å²) in [5.74, 6) is 0.603. The molecular weight excluding hydrogens is 201 g/mol. The summed E-state index contributed by atoms with van der Waals surface area (Å²) in [6.45, 7) is 1.89. The molecule has 1 aromatic carbocycles. The Morgan fingerprint density at radius 2 is 2.00 bits per heavy atom. The lowest BCUT2D eigenvalue weighted by molar-refractivity contribution is 0.440. The monoisotopic (exact) mass is 219 g/mol. The molecule has 1 N–H and O–H groups in total. The third-order valence-corrected chi connectivity index (χ3v) is 3.05. The first-order valence-electron chi connectivity index (χ1n) is 5.95. The Hall–Kier alpha value is -1.15. The molecule has 2 heteroatoms. The van der Waals surface area contributed by atoms with E-state index in [1.807, 2.05) is 12.1 Å². The Balaban J connectivity index is 1.71. The fourth-order valence-corrected chi connectivity index (χ4v) is 2.06. The van der Waals surface area contributed by atoms with Gasteiger partial charge < -0.3 is 5.32 Å². The number of benzene rings is 1. The number of hydrogen-bond donors (Lipinski definition) is 1. The van der Waals surface area contributed by atoms with Crippen LogP contribution in [0.25, 0.3) is 0 Å². The summed E-state index contributed by atoms with van der Waals surface area (Å²) in [5, 5.41) is 3.43. The lowest BCUT2D eigenvalue weighted by Crippen LogP contribution is -2.23. The largest absolute Gasteiger partial charge is 0.312 e. The van der Waals surface area contributed by atoms with Gasteiger partial charge in [-0.1, -0.05) is 24.3 Å². The smallest absolute Gasteiger partial charge is 0.123 e. The van der Waals surface area contributed by atoms with Gasteiger partial charge in [0.05, 0.1) is 0 Å². The number of nitrogens with one attached hydrogen (secondary N) is 1. The first-order valence-corrected chi connectivity index (χ1v) is 5.95. The van der Waals surface area contributed by atoms with Gasteiger partial charge in [-0.3, -0.25) is 0 Å². The van der Waals surface area contributed by atoms with Gasteiger partial charge in [0.2, 0.25) is 0 Å². The number of allylic oxidation sites excluding steroid dienone is 2. The topological polar surface area (TPSA) is 12.0 Å². The van der Waals surface area contributed by atoms with Crippen LogP contribution in [0, 0.1) is 11.7 Å². The third-order valence-electron chi connectivity index (χ3n) is 3.05. The van der Waals surface area contributed by atoms with Gasteiger partial charge in [-0.2, -0.15) is 0 Å². The van der Waals surface area contributed by atoms with Gasteiger partial charge >= 0.3 is 0 Å². The Labute approximate surface area is 96.4 Å². The maximum atomic E-state index is 12.7. The van der Waals surface area contributed by atoms with Crippen molar-refractivity contribution in [1.29, 1.82) is 0 Å². The summed E-state index contributed by atoms with van der Waals surface area (Å²) >= 11 is 0. The molecule has 1 atom stereocenters. The highest BCUT2D eigenvalue weighted by atomic mass is 19.1. The summed E-state index contributed by atoms with van der Waals surface area (Å²) in [7, 11) is 0. The van der Waals surface area contributed by atoms with E-state index in [2.05, 4.69) is 17.5 Å². The highest BCUT2D eigenvalue weighted by Crippen LogP contribution is 2.17. The molecule has 16 heavy (non-hydrogen) atoms. The second-order valence-corrected chi connectivity index (χ2v) is 4.41. The molecule has 0 aliphatic heterocycles. The first-order chi connectivity index (χ1) is 7.84. The minimum absolute atomic E-state index is 0.166. The Kier molecular flexibility index (Phi) is 4.11. The van der Waals surface area contributed by atoms with Crippen molar-refractivity contribution in [2.45, 2.75) is 25.8 Å². The highest BCUT2D eigenvalue weighted by molar-refractivity contribution is 5.15. The van der Waals surface area contributed by atoms with Crippen molar-refractivity contribution in [1.82, 2.24) is 5.32 Å². The standard InChI is InChI=1S/C14H18FN/c15-14-8-6-13(7-9-14)11-16-10-12-4-2-1-3-5-12/h1-2,6-9,12,16H,3-5,10-11H2. The van der Waals surface area contributed by atoms with Crippen molar-refractivity contribution in [2.24, 2.45) is 5.92 Å². The fraction of sp³-hybridized carbons (Fsp3) is 0.429. The van der Waals surface area contributed by atoms with E-state index in [0.29, 0.717) is 0 Å². The van der Waals surface area contributed by atoms with Gasteiger partial charge in [-0.05, 0) is 49.4 Å². The predicted octanol–water partition coefficient (Wildman–Crippen LogP) is 3.27. The quantitative estimate of drug-likeness (QED) is 0.766. The van der Waals surface area contributed by atoms with Gasteiger partial charge in [0, 0.05) is 6.54 Å². The van der Waals surface area contributed by atoms with E-state index in [-0.39, 0.29) is 5.82 Å². The van der Waals surface area contributed by atoms with E-state index >= 15 is 0 Å². The summed E-state index contributed by atoms with van der Waals surface area (Å²) in [6, 6.07) is 6.70. The molecular formula is C14H18FN. The zero-order valence-electron chi connectivity index (χ0n) is 9.45. The average molecular weight is 219 g/mol. The maximum Gasteiger partial charge on any atom is 0.123 e. The van der Waals surface area contributed by atoms with E-state index in [9.17, 15) is 4.39 Å². The minimum Gasteiger partial charge on any atom is -0.312 e. The SMILES string of the molecule is Fc1ccc(CNCC2CC=CCC2)cc1. The molecule has 0 fully saturated rings. The van der Waals surface area contributed by atoms with Crippen molar-refractivity contribution < 1.29 is 4.39 Å². The highest BCUT2D eigenvalue weighted by Gasteiger charge is 2.08. The second-order valence-electron chi connectivity index (χ2n) is 4.41. The van der Waals surface area contributed by atoms with E-state index in [0.717, 1.165) is 24.6 Å². The van der Waals surface area contributed by atoms with Crippen molar-refractivity contribution in [3.63, 3.8) is 0 Å². The molecule has 1 aromatic rings. The lowest BCUT2D eigenvalue weighted by atomic mass is 9.94. The molecule has 0 aromatic heterocycles. The zero-order chi connectivity index (χ0) is 11.2.